The van der Waals surface area contributed by atoms with Crippen molar-refractivity contribution in [1.82, 2.24) is 4.90 Å². The average molecular weight is 245 g/mol. The second-order valence-corrected chi connectivity index (χ2v) is 1.86. The van der Waals surface area contributed by atoms with Crippen molar-refractivity contribution in [2.75, 3.05) is 13.1 Å². The van der Waals surface area contributed by atoms with Crippen molar-refractivity contribution in [2.24, 2.45) is 0 Å². The van der Waals surface area contributed by atoms with E-state index in [1.807, 2.05) is 0 Å². The summed E-state index contributed by atoms with van der Waals surface area (Å²) in [6.45, 7) is 4.34. The quantitative estimate of drug-likeness (QED) is 0.420. The van der Waals surface area contributed by atoms with Crippen LogP contribution in [0, 0.1) is 0 Å². The molecule has 0 fully saturated rings. The molecule has 1 rings (SSSR count). The molecule has 0 radical (unpaired) electrons. The number of halogens is 2. The minimum Gasteiger partial charge on any atom is -1.00 e. The molecule has 1 aliphatic rings. The van der Waals surface area contributed by atoms with Crippen molar-refractivity contribution in [1.29, 1.82) is 0 Å². The Bertz CT molecular complexity index is 126. The summed E-state index contributed by atoms with van der Waals surface area (Å²) < 4.78 is 0. The number of hydrogen-bond acceptors (Lipinski definition) is 1. The van der Waals surface area contributed by atoms with Crippen LogP contribution in [-0.4, -0.2) is 18.0 Å². The van der Waals surface area contributed by atoms with E-state index in [9.17, 15) is 0 Å². The van der Waals surface area contributed by atoms with E-state index >= 15 is 0 Å². The molecule has 1 heterocycles. The van der Waals surface area contributed by atoms with Crippen molar-refractivity contribution < 1.29 is 44.3 Å². The Morgan fingerprint density at radius 3 is 2.18 bits per heavy atom. The normalized spacial score (nSPS) is 12.6. The molecule has 4 heteroatoms. The fraction of sp³-hybridized carbons (Fsp3) is 0.429. The van der Waals surface area contributed by atoms with Crippen LogP contribution in [0.5, 0.6) is 0 Å². The molecule has 1 aliphatic heterocycles. The maximum Gasteiger partial charge on any atom is 2.00 e. The molecule has 0 N–H and O–H groups in total. The number of hydrogen-bond donors (Lipinski definition) is 0. The summed E-state index contributed by atoms with van der Waals surface area (Å²) in [5.41, 5.74) is 0. The summed E-state index contributed by atoms with van der Waals surface area (Å²) >= 11 is 0. The monoisotopic (exact) mass is 243 g/mol. The van der Waals surface area contributed by atoms with Crippen LogP contribution >= 0.6 is 0 Å². The zero-order valence-corrected chi connectivity index (χ0v) is 11.1. The van der Waals surface area contributed by atoms with Gasteiger partial charge in [0.05, 0.1) is 0 Å². The van der Waals surface area contributed by atoms with Crippen LogP contribution in [0.15, 0.2) is 24.4 Å². The molecule has 0 atom stereocenters. The van der Waals surface area contributed by atoms with E-state index in [2.05, 4.69) is 36.3 Å². The van der Waals surface area contributed by atoms with Crippen LogP contribution in [-0.2, 0) is 19.5 Å². The van der Waals surface area contributed by atoms with Crippen molar-refractivity contribution in [3.05, 3.63) is 24.4 Å². The number of rotatable bonds is 1. The Kier molecular flexibility index (Phi) is 16.7. The van der Waals surface area contributed by atoms with E-state index in [1.54, 1.807) is 0 Å². The maximum atomic E-state index is 2.25. The van der Waals surface area contributed by atoms with Crippen molar-refractivity contribution >= 4 is 0 Å². The van der Waals surface area contributed by atoms with Gasteiger partial charge in [0.15, 0.2) is 0 Å². The summed E-state index contributed by atoms with van der Waals surface area (Å²) in [7, 11) is 0. The third-order valence-electron chi connectivity index (χ3n) is 1.29. The molecule has 0 saturated carbocycles. The smallest absolute Gasteiger partial charge is 1.00 e. The Morgan fingerprint density at radius 1 is 1.27 bits per heavy atom. The van der Waals surface area contributed by atoms with E-state index in [0.29, 0.717) is 0 Å². The van der Waals surface area contributed by atoms with Gasteiger partial charge < -0.3 is 29.7 Å². The molecule has 0 spiro atoms. The molecule has 11 heavy (non-hydrogen) atoms. The molecule has 60 valence electrons. The third kappa shape index (κ3) is 6.86. The number of nitrogens with zero attached hydrogens (tertiary/aromatic N) is 1. The molecule has 0 aromatic heterocycles. The van der Waals surface area contributed by atoms with Gasteiger partial charge >= 0.3 is 19.5 Å². The molecule has 0 aromatic rings. The third-order valence-corrected chi connectivity index (χ3v) is 1.29. The summed E-state index contributed by atoms with van der Waals surface area (Å²) in [6, 6.07) is 0. The molecule has 0 aliphatic carbocycles. The van der Waals surface area contributed by atoms with Gasteiger partial charge in [0.2, 0.25) is 0 Å². The van der Waals surface area contributed by atoms with Gasteiger partial charge in [-0.3, -0.25) is 0 Å². The Hall–Kier alpha value is 0.483. The van der Waals surface area contributed by atoms with E-state index < -0.39 is 0 Å². The van der Waals surface area contributed by atoms with Crippen molar-refractivity contribution in [3.8, 4) is 0 Å². The summed E-state index contributed by atoms with van der Waals surface area (Å²) in [5, 5.41) is 0. The average Bonchev–Trinajstić information content (AvgIpc) is 1.90. The second-order valence-electron chi connectivity index (χ2n) is 1.86. The summed E-state index contributed by atoms with van der Waals surface area (Å²) in [4.78, 5) is 2.25. The van der Waals surface area contributed by atoms with Crippen molar-refractivity contribution in [2.45, 2.75) is 6.92 Å². The van der Waals surface area contributed by atoms with Crippen molar-refractivity contribution in [3.63, 3.8) is 0 Å². The Labute approximate surface area is 93.5 Å². The molecular formula is C7H11Cl2NZn. The first-order valence-electron chi connectivity index (χ1n) is 3.01. The van der Waals surface area contributed by atoms with Crippen LogP contribution in [0.2, 0.25) is 0 Å². The van der Waals surface area contributed by atoms with Crippen LogP contribution in [0.25, 0.3) is 0 Å². The van der Waals surface area contributed by atoms with E-state index in [4.69, 9.17) is 0 Å². The molecule has 0 unspecified atom stereocenters. The topological polar surface area (TPSA) is 3.24 Å². The molecule has 0 saturated heterocycles. The van der Waals surface area contributed by atoms with E-state index in [0.717, 1.165) is 13.1 Å². The largest absolute Gasteiger partial charge is 2.00 e. The summed E-state index contributed by atoms with van der Waals surface area (Å²) in [6.07, 6.45) is 8.41. The van der Waals surface area contributed by atoms with Gasteiger partial charge in [-0.15, -0.1) is 0 Å². The van der Waals surface area contributed by atoms with Crippen LogP contribution in [0.4, 0.5) is 0 Å². The van der Waals surface area contributed by atoms with Gasteiger partial charge in [-0.25, -0.2) is 0 Å². The predicted octanol–water partition coefficient (Wildman–Crippen LogP) is -4.60. The van der Waals surface area contributed by atoms with Gasteiger partial charge in [0, 0.05) is 13.1 Å². The van der Waals surface area contributed by atoms with Gasteiger partial charge in [-0.1, -0.05) is 12.2 Å². The minimum atomic E-state index is 0. The first kappa shape index (κ1) is 17.5. The maximum absolute atomic E-state index is 2.25. The first-order chi connectivity index (χ1) is 3.93. The fourth-order valence-corrected chi connectivity index (χ4v) is 0.742. The summed E-state index contributed by atoms with van der Waals surface area (Å²) in [5.74, 6) is 0. The molecule has 0 aromatic carbocycles. The van der Waals surface area contributed by atoms with Crippen LogP contribution in [0.3, 0.4) is 0 Å². The number of allylic oxidation sites excluding steroid dienone is 2. The minimum absolute atomic E-state index is 0. The Balaban J connectivity index is -0.000000213. The standard InChI is InChI=1S/C7H11N.2ClH.Zn/c1-2-8-6-4-3-5-7-8;;;/h3-6H,2,7H2,1H3;2*1H;/q;;;+2/p-2. The molecule has 1 nitrogen and oxygen atoms in total. The second kappa shape index (κ2) is 10.5. The van der Waals surface area contributed by atoms with Crippen LogP contribution in [0.1, 0.15) is 6.92 Å². The molecule has 0 amide bonds. The fourth-order valence-electron chi connectivity index (χ4n) is 0.742. The zero-order valence-electron chi connectivity index (χ0n) is 6.63. The molecule has 0 bridgehead atoms. The van der Waals surface area contributed by atoms with E-state index in [-0.39, 0.29) is 44.3 Å². The SMILES string of the molecule is CCN1C=CC=CC1.[Cl-].[Cl-].[Zn+2]. The predicted molar refractivity (Wildman–Crippen MR) is 35.5 cm³/mol. The van der Waals surface area contributed by atoms with Gasteiger partial charge in [-0.2, -0.15) is 0 Å². The van der Waals surface area contributed by atoms with Gasteiger partial charge in [0.1, 0.15) is 0 Å². The first-order valence-corrected chi connectivity index (χ1v) is 3.01. The van der Waals surface area contributed by atoms with Crippen LogP contribution < -0.4 is 24.8 Å². The van der Waals surface area contributed by atoms with Gasteiger partial charge in [0.25, 0.3) is 0 Å². The zero-order chi connectivity index (χ0) is 5.82. The van der Waals surface area contributed by atoms with Gasteiger partial charge in [-0.05, 0) is 19.2 Å². The number of likely N-dealkylation sites (N-methyl/N-ethyl adjacent to an activating group) is 1. The van der Waals surface area contributed by atoms with E-state index in [1.165, 1.54) is 0 Å². The molecular weight excluding hydrogens is 234 g/mol. The Morgan fingerprint density at radius 2 is 1.91 bits per heavy atom.